The maximum atomic E-state index is 5.92. The second-order valence-corrected chi connectivity index (χ2v) is 3.65. The van der Waals surface area contributed by atoms with Crippen molar-refractivity contribution in [2.24, 2.45) is 0 Å². The number of rotatable bonds is 0. The number of hydrogen-bond acceptors (Lipinski definition) is 2. The van der Waals surface area contributed by atoms with Gasteiger partial charge in [-0.2, -0.15) is 4.37 Å². The normalized spacial score (nSPS) is 10.7. The van der Waals surface area contributed by atoms with Gasteiger partial charge in [0.05, 0.1) is 4.70 Å². The highest BCUT2D eigenvalue weighted by Gasteiger charge is 2.01. The van der Waals surface area contributed by atoms with Gasteiger partial charge >= 0.3 is 0 Å². The minimum Gasteiger partial charge on any atom is -0.200 e. The van der Waals surface area contributed by atoms with Crippen LogP contribution in [0.15, 0.2) is 18.3 Å². The van der Waals surface area contributed by atoms with Crippen molar-refractivity contribution in [2.45, 2.75) is 6.92 Å². The zero-order chi connectivity index (χ0) is 7.84. The van der Waals surface area contributed by atoms with Crippen LogP contribution in [0.25, 0.3) is 10.1 Å². The summed E-state index contributed by atoms with van der Waals surface area (Å²) in [5.41, 5.74) is 1.12. The second kappa shape index (κ2) is 2.47. The lowest BCUT2D eigenvalue weighted by Crippen LogP contribution is -1.73. The molecule has 56 valence electrons. The molecule has 2 rings (SSSR count). The predicted molar refractivity (Wildman–Crippen MR) is 49.4 cm³/mol. The van der Waals surface area contributed by atoms with Crippen LogP contribution in [0.4, 0.5) is 0 Å². The fourth-order valence-corrected chi connectivity index (χ4v) is 1.92. The predicted octanol–water partition coefficient (Wildman–Crippen LogP) is 3.26. The van der Waals surface area contributed by atoms with Gasteiger partial charge in [-0.3, -0.25) is 0 Å². The van der Waals surface area contributed by atoms with Gasteiger partial charge in [0.15, 0.2) is 0 Å². The third-order valence-corrected chi connectivity index (χ3v) is 2.91. The summed E-state index contributed by atoms with van der Waals surface area (Å²) in [6.45, 7) is 2.01. The van der Waals surface area contributed by atoms with Gasteiger partial charge in [0, 0.05) is 16.6 Å². The van der Waals surface area contributed by atoms with Gasteiger partial charge in [-0.15, -0.1) is 0 Å². The van der Waals surface area contributed by atoms with Crippen LogP contribution < -0.4 is 0 Å². The molecule has 2 aromatic rings. The highest BCUT2D eigenvalue weighted by Crippen LogP contribution is 2.26. The minimum absolute atomic E-state index is 0.817. The SMILES string of the molecule is Cc1c(Cl)ccc2sncc12. The molecule has 0 atom stereocenters. The lowest BCUT2D eigenvalue weighted by atomic mass is 10.2. The van der Waals surface area contributed by atoms with Crippen molar-refractivity contribution in [3.8, 4) is 0 Å². The highest BCUT2D eigenvalue weighted by atomic mass is 35.5. The summed E-state index contributed by atoms with van der Waals surface area (Å²) >= 11 is 7.42. The van der Waals surface area contributed by atoms with Crippen molar-refractivity contribution in [3.05, 3.63) is 28.9 Å². The monoisotopic (exact) mass is 183 g/mol. The lowest BCUT2D eigenvalue weighted by Gasteiger charge is -1.96. The van der Waals surface area contributed by atoms with Crippen LogP contribution >= 0.6 is 23.1 Å². The molecule has 1 aromatic carbocycles. The molecule has 0 fully saturated rings. The Labute approximate surface area is 73.8 Å². The van der Waals surface area contributed by atoms with Gasteiger partial charge in [0.2, 0.25) is 0 Å². The van der Waals surface area contributed by atoms with E-state index in [0.717, 1.165) is 10.6 Å². The Morgan fingerprint density at radius 1 is 1.45 bits per heavy atom. The molecule has 1 aromatic heterocycles. The largest absolute Gasteiger partial charge is 0.200 e. The molecule has 0 amide bonds. The number of aromatic nitrogens is 1. The van der Waals surface area contributed by atoms with Crippen molar-refractivity contribution in [1.82, 2.24) is 4.37 Å². The van der Waals surface area contributed by atoms with Gasteiger partial charge in [-0.1, -0.05) is 11.6 Å². The molecule has 11 heavy (non-hydrogen) atoms. The first-order valence-electron chi connectivity index (χ1n) is 3.28. The van der Waals surface area contributed by atoms with Crippen LogP contribution in [0.3, 0.4) is 0 Å². The molecule has 0 unspecified atom stereocenters. The van der Waals surface area contributed by atoms with Crippen molar-refractivity contribution in [1.29, 1.82) is 0 Å². The van der Waals surface area contributed by atoms with Gasteiger partial charge in [-0.25, -0.2) is 0 Å². The Morgan fingerprint density at radius 3 is 3.09 bits per heavy atom. The molecule has 0 bridgehead atoms. The topological polar surface area (TPSA) is 12.9 Å². The Kier molecular flexibility index (Phi) is 1.59. The second-order valence-electron chi connectivity index (χ2n) is 2.41. The standard InChI is InChI=1S/C8H6ClNS/c1-5-6-4-10-11-8(6)3-2-7(5)9/h2-4H,1H3. The van der Waals surface area contributed by atoms with Gasteiger partial charge < -0.3 is 0 Å². The van der Waals surface area contributed by atoms with Crippen LogP contribution in [-0.2, 0) is 0 Å². The van der Waals surface area contributed by atoms with E-state index in [2.05, 4.69) is 4.37 Å². The Bertz CT molecular complexity index is 394. The first-order valence-corrected chi connectivity index (χ1v) is 4.43. The summed E-state index contributed by atoms with van der Waals surface area (Å²) in [5, 5.41) is 1.99. The summed E-state index contributed by atoms with van der Waals surface area (Å²) in [5.74, 6) is 0. The molecule has 0 saturated heterocycles. The van der Waals surface area contributed by atoms with E-state index in [1.807, 2.05) is 25.3 Å². The van der Waals surface area contributed by atoms with Crippen LogP contribution in [0.5, 0.6) is 0 Å². The van der Waals surface area contributed by atoms with Gasteiger partial charge in [0.25, 0.3) is 0 Å². The van der Waals surface area contributed by atoms with Crippen LogP contribution in [0.2, 0.25) is 5.02 Å². The Morgan fingerprint density at radius 2 is 2.27 bits per heavy atom. The van der Waals surface area contributed by atoms with Gasteiger partial charge in [-0.05, 0) is 36.2 Å². The molecule has 0 saturated carbocycles. The maximum absolute atomic E-state index is 5.92. The summed E-state index contributed by atoms with van der Waals surface area (Å²) < 4.78 is 5.29. The highest BCUT2D eigenvalue weighted by molar-refractivity contribution is 7.13. The Balaban J connectivity index is 2.93. The average Bonchev–Trinajstić information content (AvgIpc) is 2.45. The van der Waals surface area contributed by atoms with Crippen LogP contribution in [0.1, 0.15) is 5.56 Å². The third-order valence-electron chi connectivity index (χ3n) is 1.74. The fourth-order valence-electron chi connectivity index (χ4n) is 1.05. The van der Waals surface area contributed by atoms with Crippen LogP contribution in [-0.4, -0.2) is 4.37 Å². The van der Waals surface area contributed by atoms with Crippen LogP contribution in [0, 0.1) is 6.92 Å². The average molecular weight is 184 g/mol. The van der Waals surface area contributed by atoms with E-state index in [1.165, 1.54) is 21.6 Å². The number of nitrogens with zero attached hydrogens (tertiary/aromatic N) is 1. The molecule has 0 aliphatic heterocycles. The molecule has 1 heterocycles. The van der Waals surface area contributed by atoms with E-state index >= 15 is 0 Å². The van der Waals surface area contributed by atoms with Crippen molar-refractivity contribution in [2.75, 3.05) is 0 Å². The van der Waals surface area contributed by atoms with E-state index in [1.54, 1.807) is 0 Å². The summed E-state index contributed by atoms with van der Waals surface area (Å²) in [6, 6.07) is 3.92. The minimum atomic E-state index is 0.817. The van der Waals surface area contributed by atoms with E-state index in [4.69, 9.17) is 11.6 Å². The molecule has 0 N–H and O–H groups in total. The summed E-state index contributed by atoms with van der Waals surface area (Å²) in [7, 11) is 0. The lowest BCUT2D eigenvalue weighted by molar-refractivity contribution is 1.52. The fraction of sp³-hybridized carbons (Fsp3) is 0.125. The maximum Gasteiger partial charge on any atom is 0.0553 e. The zero-order valence-corrected chi connectivity index (χ0v) is 7.54. The molecule has 0 spiro atoms. The first-order chi connectivity index (χ1) is 5.29. The van der Waals surface area contributed by atoms with E-state index in [0.29, 0.717) is 0 Å². The van der Waals surface area contributed by atoms with Crippen molar-refractivity contribution < 1.29 is 0 Å². The van der Waals surface area contributed by atoms with E-state index in [-0.39, 0.29) is 0 Å². The molecule has 1 nitrogen and oxygen atoms in total. The molecular formula is C8H6ClNS. The molecule has 3 heteroatoms. The number of hydrogen-bond donors (Lipinski definition) is 0. The first kappa shape index (κ1) is 7.07. The van der Waals surface area contributed by atoms with Crippen molar-refractivity contribution >= 4 is 33.2 Å². The van der Waals surface area contributed by atoms with E-state index < -0.39 is 0 Å². The smallest absolute Gasteiger partial charge is 0.0553 e. The number of aryl methyl sites for hydroxylation is 1. The molecule has 0 radical (unpaired) electrons. The number of halogens is 1. The van der Waals surface area contributed by atoms with Crippen molar-refractivity contribution in [3.63, 3.8) is 0 Å². The zero-order valence-electron chi connectivity index (χ0n) is 5.97. The number of benzene rings is 1. The number of fused-ring (bicyclic) bond motifs is 1. The molecule has 0 aliphatic rings. The Hall–Kier alpha value is -0.600. The summed E-state index contributed by atoms with van der Waals surface area (Å²) in [4.78, 5) is 0. The van der Waals surface area contributed by atoms with E-state index in [9.17, 15) is 0 Å². The van der Waals surface area contributed by atoms with Gasteiger partial charge in [0.1, 0.15) is 0 Å². The quantitative estimate of drug-likeness (QED) is 0.611. The molecular weight excluding hydrogens is 178 g/mol. The summed E-state index contributed by atoms with van der Waals surface area (Å²) in [6.07, 6.45) is 1.86. The molecule has 0 aliphatic carbocycles. The third kappa shape index (κ3) is 1.03.